The van der Waals surface area contributed by atoms with E-state index in [-0.39, 0.29) is 12.4 Å². The van der Waals surface area contributed by atoms with Gasteiger partial charge in [-0.25, -0.2) is 0 Å². The second kappa shape index (κ2) is 8.84. The Morgan fingerprint density at radius 3 is 2.52 bits per heavy atom. The van der Waals surface area contributed by atoms with Crippen molar-refractivity contribution in [2.75, 3.05) is 20.1 Å². The lowest BCUT2D eigenvalue weighted by Crippen LogP contribution is -2.44. The molecular formula is C20H31ClN4. The summed E-state index contributed by atoms with van der Waals surface area (Å²) in [4.78, 5) is 2.57. The Balaban J connectivity index is 0.00000225. The predicted octanol–water partition coefficient (Wildman–Crippen LogP) is 3.46. The minimum Gasteiger partial charge on any atom is -0.316 e. The second-order valence-corrected chi connectivity index (χ2v) is 7.16. The summed E-state index contributed by atoms with van der Waals surface area (Å²) < 4.78 is 2.16. The van der Waals surface area contributed by atoms with Crippen LogP contribution in [-0.4, -0.2) is 40.9 Å². The maximum absolute atomic E-state index is 4.81. The highest BCUT2D eigenvalue weighted by Crippen LogP contribution is 2.20. The van der Waals surface area contributed by atoms with Crippen molar-refractivity contribution >= 4 is 12.4 Å². The molecule has 0 aliphatic carbocycles. The molecule has 2 heterocycles. The van der Waals surface area contributed by atoms with E-state index in [0.29, 0.717) is 6.04 Å². The Hall–Kier alpha value is -1.36. The molecule has 5 heteroatoms. The van der Waals surface area contributed by atoms with Crippen LogP contribution in [0.2, 0.25) is 0 Å². The zero-order valence-electron chi connectivity index (χ0n) is 15.9. The summed E-state index contributed by atoms with van der Waals surface area (Å²) in [6.07, 6.45) is 2.57. The summed E-state index contributed by atoms with van der Waals surface area (Å²) >= 11 is 0. The van der Waals surface area contributed by atoms with E-state index in [0.717, 1.165) is 19.6 Å². The largest absolute Gasteiger partial charge is 0.316 e. The molecule has 1 aromatic carbocycles. The van der Waals surface area contributed by atoms with Gasteiger partial charge in [0.05, 0.1) is 12.2 Å². The van der Waals surface area contributed by atoms with Gasteiger partial charge in [-0.1, -0.05) is 29.8 Å². The van der Waals surface area contributed by atoms with Gasteiger partial charge in [0, 0.05) is 30.4 Å². The standard InChI is InChI=1S/C20H30N4.ClH/c1-15-7-9-18(10-8-15)12-24-17(3)20(16(2)22-24)14-23-11-5-6-19(13-23)21-4;/h7-10,19,21H,5-6,11-14H2,1-4H3;1H. The number of nitrogens with one attached hydrogen (secondary N) is 1. The van der Waals surface area contributed by atoms with E-state index in [1.807, 2.05) is 0 Å². The quantitative estimate of drug-likeness (QED) is 0.884. The van der Waals surface area contributed by atoms with Crippen LogP contribution in [0.1, 0.15) is 40.9 Å². The second-order valence-electron chi connectivity index (χ2n) is 7.16. The first kappa shape index (κ1) is 20.0. The minimum atomic E-state index is 0. The molecule has 3 rings (SSSR count). The van der Waals surface area contributed by atoms with Crippen molar-refractivity contribution in [3.05, 3.63) is 52.3 Å². The van der Waals surface area contributed by atoms with Crippen LogP contribution in [0.5, 0.6) is 0 Å². The van der Waals surface area contributed by atoms with Gasteiger partial charge in [0.25, 0.3) is 0 Å². The molecule has 1 atom stereocenters. The highest BCUT2D eigenvalue weighted by molar-refractivity contribution is 5.85. The van der Waals surface area contributed by atoms with Crippen molar-refractivity contribution < 1.29 is 0 Å². The van der Waals surface area contributed by atoms with Crippen LogP contribution >= 0.6 is 12.4 Å². The minimum absolute atomic E-state index is 0. The number of piperidine rings is 1. The molecule has 0 saturated carbocycles. The summed E-state index contributed by atoms with van der Waals surface area (Å²) in [6.45, 7) is 10.7. The smallest absolute Gasteiger partial charge is 0.0662 e. The zero-order valence-corrected chi connectivity index (χ0v) is 16.7. The third kappa shape index (κ3) is 4.84. The Kier molecular flexibility index (Phi) is 7.05. The number of nitrogens with zero attached hydrogens (tertiary/aromatic N) is 3. The lowest BCUT2D eigenvalue weighted by molar-refractivity contribution is 0.187. The van der Waals surface area contributed by atoms with Gasteiger partial charge in [-0.3, -0.25) is 9.58 Å². The summed E-state index contributed by atoms with van der Waals surface area (Å²) in [7, 11) is 2.07. The van der Waals surface area contributed by atoms with E-state index in [2.05, 4.69) is 67.0 Å². The molecule has 0 bridgehead atoms. The number of benzene rings is 1. The zero-order chi connectivity index (χ0) is 17.1. The van der Waals surface area contributed by atoms with Crippen molar-refractivity contribution in [3.63, 3.8) is 0 Å². The Morgan fingerprint density at radius 2 is 1.84 bits per heavy atom. The van der Waals surface area contributed by atoms with Gasteiger partial charge in [-0.05, 0) is 52.8 Å². The van der Waals surface area contributed by atoms with Crippen LogP contribution in [0, 0.1) is 20.8 Å². The number of aromatic nitrogens is 2. The fraction of sp³-hybridized carbons (Fsp3) is 0.550. The van der Waals surface area contributed by atoms with E-state index >= 15 is 0 Å². The molecule has 25 heavy (non-hydrogen) atoms. The van der Waals surface area contributed by atoms with Crippen molar-refractivity contribution in [1.82, 2.24) is 20.0 Å². The maximum Gasteiger partial charge on any atom is 0.0662 e. The van der Waals surface area contributed by atoms with E-state index in [4.69, 9.17) is 5.10 Å². The SMILES string of the molecule is CNC1CCCN(Cc2c(C)nn(Cc3ccc(C)cc3)c2C)C1.Cl. The van der Waals surface area contributed by atoms with Crippen LogP contribution in [0.25, 0.3) is 0 Å². The molecule has 138 valence electrons. The van der Waals surface area contributed by atoms with Crippen molar-refractivity contribution in [2.24, 2.45) is 0 Å². The van der Waals surface area contributed by atoms with Gasteiger partial charge in [0.1, 0.15) is 0 Å². The molecule has 2 aromatic rings. The van der Waals surface area contributed by atoms with Gasteiger partial charge in [0.2, 0.25) is 0 Å². The van der Waals surface area contributed by atoms with E-state index < -0.39 is 0 Å². The summed E-state index contributed by atoms with van der Waals surface area (Å²) in [6, 6.07) is 9.38. The lowest BCUT2D eigenvalue weighted by atomic mass is 10.0. The molecule has 4 nitrogen and oxygen atoms in total. The Bertz CT molecular complexity index is 678. The van der Waals surface area contributed by atoms with Gasteiger partial charge >= 0.3 is 0 Å². The van der Waals surface area contributed by atoms with Gasteiger partial charge < -0.3 is 5.32 Å². The van der Waals surface area contributed by atoms with Crippen molar-refractivity contribution in [2.45, 2.75) is 52.7 Å². The molecule has 1 fully saturated rings. The molecule has 1 aliphatic rings. The van der Waals surface area contributed by atoms with Crippen LogP contribution in [0.4, 0.5) is 0 Å². The lowest BCUT2D eigenvalue weighted by Gasteiger charge is -2.32. The van der Waals surface area contributed by atoms with Crippen LogP contribution in [0.3, 0.4) is 0 Å². The topological polar surface area (TPSA) is 33.1 Å². The van der Waals surface area contributed by atoms with Crippen LogP contribution < -0.4 is 5.32 Å². The van der Waals surface area contributed by atoms with Crippen molar-refractivity contribution in [1.29, 1.82) is 0 Å². The average molecular weight is 363 g/mol. The molecule has 1 aromatic heterocycles. The number of likely N-dealkylation sites (tertiary alicyclic amines) is 1. The molecule has 0 radical (unpaired) electrons. The molecule has 1 saturated heterocycles. The first-order valence-corrected chi connectivity index (χ1v) is 9.05. The number of halogens is 1. The average Bonchev–Trinajstić information content (AvgIpc) is 2.85. The molecule has 1 N–H and O–H groups in total. The van der Waals surface area contributed by atoms with Crippen molar-refractivity contribution in [3.8, 4) is 0 Å². The third-order valence-electron chi connectivity index (χ3n) is 5.28. The summed E-state index contributed by atoms with van der Waals surface area (Å²) in [5.74, 6) is 0. The molecule has 1 unspecified atom stereocenters. The van der Waals surface area contributed by atoms with E-state index in [1.54, 1.807) is 0 Å². The van der Waals surface area contributed by atoms with Gasteiger partial charge in [-0.15, -0.1) is 12.4 Å². The molecule has 1 aliphatic heterocycles. The van der Waals surface area contributed by atoms with Crippen LogP contribution in [0.15, 0.2) is 24.3 Å². The van der Waals surface area contributed by atoms with Gasteiger partial charge in [-0.2, -0.15) is 5.10 Å². The normalized spacial score (nSPS) is 18.2. The molecule has 0 spiro atoms. The van der Waals surface area contributed by atoms with E-state index in [9.17, 15) is 0 Å². The number of hydrogen-bond acceptors (Lipinski definition) is 3. The fourth-order valence-corrected chi connectivity index (χ4v) is 3.64. The summed E-state index contributed by atoms with van der Waals surface area (Å²) in [5, 5.41) is 8.24. The highest BCUT2D eigenvalue weighted by atomic mass is 35.5. The molecular weight excluding hydrogens is 332 g/mol. The van der Waals surface area contributed by atoms with Gasteiger partial charge in [0.15, 0.2) is 0 Å². The maximum atomic E-state index is 4.81. The first-order valence-electron chi connectivity index (χ1n) is 9.05. The number of aryl methyl sites for hydroxylation is 2. The first-order chi connectivity index (χ1) is 11.6. The number of rotatable bonds is 5. The molecule has 0 amide bonds. The summed E-state index contributed by atoms with van der Waals surface area (Å²) in [5.41, 5.74) is 6.49. The number of likely N-dealkylation sites (N-methyl/N-ethyl adjacent to an activating group) is 1. The third-order valence-corrected chi connectivity index (χ3v) is 5.28. The Morgan fingerprint density at radius 1 is 1.12 bits per heavy atom. The number of hydrogen-bond donors (Lipinski definition) is 1. The Labute approximate surface area is 158 Å². The monoisotopic (exact) mass is 362 g/mol. The fourth-order valence-electron chi connectivity index (χ4n) is 3.64. The van der Waals surface area contributed by atoms with Crippen LogP contribution in [-0.2, 0) is 13.1 Å². The highest BCUT2D eigenvalue weighted by Gasteiger charge is 2.21. The van der Waals surface area contributed by atoms with E-state index in [1.165, 1.54) is 47.5 Å². The predicted molar refractivity (Wildman–Crippen MR) is 107 cm³/mol.